The Bertz CT molecular complexity index is 917. The maximum atomic E-state index is 11.8. The van der Waals surface area contributed by atoms with Gasteiger partial charge >= 0.3 is 5.97 Å². The molecule has 0 fully saturated rings. The number of methoxy groups -OCH3 is 1. The molecule has 0 unspecified atom stereocenters. The molecule has 8 nitrogen and oxygen atoms in total. The number of hydrogen-bond donors (Lipinski definition) is 1. The predicted molar refractivity (Wildman–Crippen MR) is 96.9 cm³/mol. The second-order valence-electron chi connectivity index (χ2n) is 5.05. The Kier molecular flexibility index (Phi) is 5.28. The minimum absolute atomic E-state index is 0.199. The molecule has 0 spiro atoms. The predicted octanol–water partition coefficient (Wildman–Crippen LogP) is 2.75. The van der Waals surface area contributed by atoms with Crippen LogP contribution in [0, 0.1) is 0 Å². The van der Waals surface area contributed by atoms with Crippen molar-refractivity contribution in [3.05, 3.63) is 41.4 Å². The fourth-order valence-corrected chi connectivity index (χ4v) is 3.01. The summed E-state index contributed by atoms with van der Waals surface area (Å²) in [6.45, 7) is 2.00. The van der Waals surface area contributed by atoms with Crippen molar-refractivity contribution in [2.24, 2.45) is 0 Å². The molecule has 0 saturated carbocycles. The summed E-state index contributed by atoms with van der Waals surface area (Å²) < 4.78 is 11.6. The summed E-state index contributed by atoms with van der Waals surface area (Å²) in [7, 11) is 1.60. The standard InChI is InChI=1S/C17H16N4O4S/c1-3-25-16(23)14-9-26-17(19-14)21-15(18-10-22)8-13(20-21)11-4-6-12(24-2)7-5-11/h4-10H,3H2,1-2H3,(H,18,22). The highest BCUT2D eigenvalue weighted by atomic mass is 32.1. The molecule has 0 aliphatic heterocycles. The highest BCUT2D eigenvalue weighted by molar-refractivity contribution is 7.12. The van der Waals surface area contributed by atoms with Crippen molar-refractivity contribution in [1.82, 2.24) is 14.8 Å². The Morgan fingerprint density at radius 2 is 2.12 bits per heavy atom. The molecule has 9 heteroatoms. The number of benzene rings is 1. The van der Waals surface area contributed by atoms with Gasteiger partial charge in [-0.15, -0.1) is 11.3 Å². The molecule has 1 aromatic carbocycles. The summed E-state index contributed by atoms with van der Waals surface area (Å²) in [6, 6.07) is 9.10. The zero-order chi connectivity index (χ0) is 18.5. The van der Waals surface area contributed by atoms with Crippen LogP contribution in [-0.4, -0.2) is 40.9 Å². The monoisotopic (exact) mass is 372 g/mol. The van der Waals surface area contributed by atoms with E-state index in [-0.39, 0.29) is 12.3 Å². The van der Waals surface area contributed by atoms with E-state index in [9.17, 15) is 9.59 Å². The molecule has 134 valence electrons. The SMILES string of the molecule is CCOC(=O)c1csc(-n2nc(-c3ccc(OC)cc3)cc2NC=O)n1. The number of nitrogens with one attached hydrogen (secondary N) is 1. The second-order valence-corrected chi connectivity index (χ2v) is 5.89. The number of amides is 1. The van der Waals surface area contributed by atoms with Gasteiger partial charge in [-0.3, -0.25) is 4.79 Å². The first-order valence-corrected chi connectivity index (χ1v) is 8.62. The van der Waals surface area contributed by atoms with Crippen LogP contribution in [0.2, 0.25) is 0 Å². The maximum absolute atomic E-state index is 11.8. The first-order valence-electron chi connectivity index (χ1n) is 7.74. The fourth-order valence-electron chi connectivity index (χ4n) is 2.25. The van der Waals surface area contributed by atoms with Crippen molar-refractivity contribution < 1.29 is 19.1 Å². The third kappa shape index (κ3) is 3.57. The number of nitrogens with zero attached hydrogens (tertiary/aromatic N) is 3. The van der Waals surface area contributed by atoms with Crippen LogP contribution in [0.25, 0.3) is 16.4 Å². The van der Waals surface area contributed by atoms with Crippen LogP contribution in [0.5, 0.6) is 5.75 Å². The summed E-state index contributed by atoms with van der Waals surface area (Å²) in [5.74, 6) is 0.677. The normalized spacial score (nSPS) is 10.4. The third-order valence-corrected chi connectivity index (χ3v) is 4.28. The number of esters is 1. The van der Waals surface area contributed by atoms with E-state index in [0.717, 1.165) is 11.3 Å². The average Bonchev–Trinajstić information content (AvgIpc) is 3.29. The molecule has 2 aromatic heterocycles. The van der Waals surface area contributed by atoms with E-state index < -0.39 is 5.97 Å². The molecular formula is C17H16N4O4S. The van der Waals surface area contributed by atoms with Crippen molar-refractivity contribution in [1.29, 1.82) is 0 Å². The van der Waals surface area contributed by atoms with Gasteiger partial charge in [-0.25, -0.2) is 9.78 Å². The van der Waals surface area contributed by atoms with E-state index in [4.69, 9.17) is 9.47 Å². The minimum Gasteiger partial charge on any atom is -0.497 e. The van der Waals surface area contributed by atoms with Gasteiger partial charge in [-0.2, -0.15) is 9.78 Å². The Labute approximate surface area is 153 Å². The van der Waals surface area contributed by atoms with E-state index in [2.05, 4.69) is 15.4 Å². The van der Waals surface area contributed by atoms with Gasteiger partial charge < -0.3 is 14.8 Å². The van der Waals surface area contributed by atoms with Crippen LogP contribution >= 0.6 is 11.3 Å². The van der Waals surface area contributed by atoms with Crippen molar-refractivity contribution in [2.75, 3.05) is 19.0 Å². The van der Waals surface area contributed by atoms with Gasteiger partial charge in [0.25, 0.3) is 0 Å². The minimum atomic E-state index is -0.498. The number of hydrogen-bond acceptors (Lipinski definition) is 7. The lowest BCUT2D eigenvalue weighted by molar-refractivity contribution is -0.105. The Balaban J connectivity index is 1.97. The largest absolute Gasteiger partial charge is 0.497 e. The number of ether oxygens (including phenoxy) is 2. The highest BCUT2D eigenvalue weighted by Gasteiger charge is 2.17. The maximum Gasteiger partial charge on any atom is 0.357 e. The Hall–Kier alpha value is -3.20. The lowest BCUT2D eigenvalue weighted by Crippen LogP contribution is -2.07. The van der Waals surface area contributed by atoms with Crippen LogP contribution in [0.15, 0.2) is 35.7 Å². The summed E-state index contributed by atoms with van der Waals surface area (Å²) in [5.41, 5.74) is 1.69. The number of carbonyl (C=O) groups is 2. The van der Waals surface area contributed by atoms with Crippen molar-refractivity contribution in [2.45, 2.75) is 6.92 Å². The lowest BCUT2D eigenvalue weighted by Gasteiger charge is -2.01. The quantitative estimate of drug-likeness (QED) is 0.506. The van der Waals surface area contributed by atoms with Crippen LogP contribution in [0.3, 0.4) is 0 Å². The second kappa shape index (κ2) is 7.79. The molecule has 2 heterocycles. The number of aromatic nitrogens is 3. The van der Waals surface area contributed by atoms with E-state index in [1.807, 2.05) is 24.3 Å². The molecule has 1 N–H and O–H groups in total. The molecule has 0 atom stereocenters. The van der Waals surface area contributed by atoms with Gasteiger partial charge in [0.1, 0.15) is 11.6 Å². The van der Waals surface area contributed by atoms with Crippen LogP contribution in [0.4, 0.5) is 5.82 Å². The third-order valence-electron chi connectivity index (χ3n) is 3.46. The molecule has 0 aliphatic carbocycles. The molecule has 1 amide bonds. The fraction of sp³-hybridized carbons (Fsp3) is 0.176. The van der Waals surface area contributed by atoms with Gasteiger partial charge in [0.05, 0.1) is 19.4 Å². The molecule has 3 rings (SSSR count). The summed E-state index contributed by atoms with van der Waals surface area (Å²) in [5, 5.41) is 9.12. The summed E-state index contributed by atoms with van der Waals surface area (Å²) in [6.07, 6.45) is 0.561. The van der Waals surface area contributed by atoms with E-state index in [1.165, 1.54) is 16.0 Å². The highest BCUT2D eigenvalue weighted by Crippen LogP contribution is 2.27. The van der Waals surface area contributed by atoms with Crippen LogP contribution in [-0.2, 0) is 9.53 Å². The number of anilines is 1. The van der Waals surface area contributed by atoms with Crippen molar-refractivity contribution in [3.63, 3.8) is 0 Å². The topological polar surface area (TPSA) is 95.3 Å². The smallest absolute Gasteiger partial charge is 0.357 e. The van der Waals surface area contributed by atoms with Gasteiger partial charge in [0.15, 0.2) is 5.69 Å². The molecule has 26 heavy (non-hydrogen) atoms. The molecule has 3 aromatic rings. The lowest BCUT2D eigenvalue weighted by atomic mass is 10.1. The van der Waals surface area contributed by atoms with Crippen molar-refractivity contribution in [3.8, 4) is 22.1 Å². The van der Waals surface area contributed by atoms with Crippen LogP contribution < -0.4 is 10.1 Å². The van der Waals surface area contributed by atoms with E-state index in [1.54, 1.807) is 25.5 Å². The average molecular weight is 372 g/mol. The zero-order valence-electron chi connectivity index (χ0n) is 14.1. The Morgan fingerprint density at radius 3 is 2.77 bits per heavy atom. The van der Waals surface area contributed by atoms with Gasteiger partial charge in [-0.1, -0.05) is 0 Å². The summed E-state index contributed by atoms with van der Waals surface area (Å²) in [4.78, 5) is 27.0. The van der Waals surface area contributed by atoms with Gasteiger partial charge in [-0.05, 0) is 31.2 Å². The first-order chi connectivity index (χ1) is 12.7. The number of rotatable bonds is 7. The Morgan fingerprint density at radius 1 is 1.35 bits per heavy atom. The molecular weight excluding hydrogens is 356 g/mol. The molecule has 0 bridgehead atoms. The van der Waals surface area contributed by atoms with Crippen LogP contribution in [0.1, 0.15) is 17.4 Å². The zero-order valence-corrected chi connectivity index (χ0v) is 14.9. The molecule has 0 aliphatic rings. The van der Waals surface area contributed by atoms with E-state index >= 15 is 0 Å². The van der Waals surface area contributed by atoms with Gasteiger partial charge in [0.2, 0.25) is 11.5 Å². The first kappa shape index (κ1) is 17.6. The number of carbonyl (C=O) groups excluding carboxylic acids is 2. The van der Waals surface area contributed by atoms with Gasteiger partial charge in [0, 0.05) is 17.0 Å². The van der Waals surface area contributed by atoms with Crippen molar-refractivity contribution >= 4 is 29.5 Å². The summed E-state index contributed by atoms with van der Waals surface area (Å²) >= 11 is 1.22. The molecule has 0 radical (unpaired) electrons. The molecule has 0 saturated heterocycles. The van der Waals surface area contributed by atoms with E-state index in [0.29, 0.717) is 23.1 Å². The number of thiazole rings is 1.